The van der Waals surface area contributed by atoms with E-state index in [-0.39, 0.29) is 0 Å². The molecule has 2 rings (SSSR count). The third-order valence-corrected chi connectivity index (χ3v) is 3.40. The average Bonchev–Trinajstić information content (AvgIpc) is 2.69. The van der Waals surface area contributed by atoms with E-state index in [1.54, 1.807) is 42.5 Å². The second-order valence-corrected chi connectivity index (χ2v) is 5.23. The minimum Gasteiger partial charge on any atom is -0.497 e. The van der Waals surface area contributed by atoms with Crippen LogP contribution in [0.4, 0.5) is 5.69 Å². The Morgan fingerprint density at radius 2 is 1.85 bits per heavy atom. The van der Waals surface area contributed by atoms with Crippen LogP contribution in [-0.4, -0.2) is 38.9 Å². The second kappa shape index (κ2) is 9.81. The summed E-state index contributed by atoms with van der Waals surface area (Å²) in [5, 5.41) is 6.25. The molecule has 2 aromatic carbocycles. The number of rotatable bonds is 7. The van der Waals surface area contributed by atoms with Crippen LogP contribution in [0.2, 0.25) is 0 Å². The molecule has 0 bridgehead atoms. The molecule has 2 N–H and O–H groups in total. The van der Waals surface area contributed by atoms with Gasteiger partial charge in [0, 0.05) is 11.8 Å². The number of ether oxygens (including phenoxy) is 3. The predicted molar refractivity (Wildman–Crippen MR) is 102 cm³/mol. The van der Waals surface area contributed by atoms with Crippen LogP contribution in [0.5, 0.6) is 17.2 Å². The topological polar surface area (TPSA) is 98.2 Å². The van der Waals surface area contributed by atoms with E-state index in [1.165, 1.54) is 20.4 Å². The first kappa shape index (κ1) is 19.8. The van der Waals surface area contributed by atoms with E-state index in [9.17, 15) is 9.59 Å². The number of amides is 2. The monoisotopic (exact) mass is 371 g/mol. The summed E-state index contributed by atoms with van der Waals surface area (Å²) in [5.74, 6) is -0.0194. The van der Waals surface area contributed by atoms with Crippen molar-refractivity contribution in [3.63, 3.8) is 0 Å². The second-order valence-electron chi connectivity index (χ2n) is 5.23. The Kier molecular flexibility index (Phi) is 7.18. The van der Waals surface area contributed by atoms with Crippen molar-refractivity contribution in [3.8, 4) is 17.2 Å². The summed E-state index contributed by atoms with van der Waals surface area (Å²) in [7, 11) is 3.04. The molecule has 0 unspecified atom stereocenters. The first-order valence-electron chi connectivity index (χ1n) is 8.16. The quantitative estimate of drug-likeness (QED) is 0.442. The summed E-state index contributed by atoms with van der Waals surface area (Å²) < 4.78 is 15.7. The number of nitrogens with zero attached hydrogens (tertiary/aromatic N) is 1. The van der Waals surface area contributed by atoms with Crippen molar-refractivity contribution in [1.82, 2.24) is 5.43 Å². The number of hydrogen-bond acceptors (Lipinski definition) is 6. The maximum atomic E-state index is 11.9. The molecule has 0 radical (unpaired) electrons. The predicted octanol–water partition coefficient (Wildman–Crippen LogP) is 2.19. The Morgan fingerprint density at radius 3 is 2.56 bits per heavy atom. The van der Waals surface area contributed by atoms with Crippen LogP contribution in [0.3, 0.4) is 0 Å². The molecule has 0 atom stereocenters. The molecule has 0 aliphatic rings. The van der Waals surface area contributed by atoms with Crippen molar-refractivity contribution in [2.24, 2.45) is 5.10 Å². The molecular weight excluding hydrogens is 350 g/mol. The van der Waals surface area contributed by atoms with Gasteiger partial charge in [0.2, 0.25) is 0 Å². The van der Waals surface area contributed by atoms with Gasteiger partial charge < -0.3 is 19.5 Å². The Bertz CT molecular complexity index is 836. The van der Waals surface area contributed by atoms with Gasteiger partial charge in [0.1, 0.15) is 5.75 Å². The third-order valence-electron chi connectivity index (χ3n) is 3.40. The van der Waals surface area contributed by atoms with Crippen molar-refractivity contribution in [2.75, 3.05) is 26.1 Å². The SMILES string of the molecule is CCOc1ccc(/C=N\NC(=O)C(=O)Nc2cccc(OC)c2)cc1OC. The van der Waals surface area contributed by atoms with Gasteiger partial charge in [-0.1, -0.05) is 6.07 Å². The number of carbonyl (C=O) groups is 2. The molecule has 0 aliphatic carbocycles. The van der Waals surface area contributed by atoms with E-state index in [0.717, 1.165) is 0 Å². The lowest BCUT2D eigenvalue weighted by Gasteiger charge is -2.09. The van der Waals surface area contributed by atoms with Gasteiger partial charge in [-0.3, -0.25) is 9.59 Å². The van der Waals surface area contributed by atoms with E-state index < -0.39 is 11.8 Å². The summed E-state index contributed by atoms with van der Waals surface area (Å²) >= 11 is 0. The van der Waals surface area contributed by atoms with Gasteiger partial charge in [0.25, 0.3) is 0 Å². The maximum absolute atomic E-state index is 11.9. The van der Waals surface area contributed by atoms with Crippen LogP contribution < -0.4 is 25.0 Å². The molecule has 0 aromatic heterocycles. The third kappa shape index (κ3) is 5.74. The summed E-state index contributed by atoms with van der Waals surface area (Å²) in [6.07, 6.45) is 1.40. The minimum absolute atomic E-state index is 0.440. The van der Waals surface area contributed by atoms with Gasteiger partial charge in [-0.05, 0) is 42.8 Å². The molecule has 0 aliphatic heterocycles. The summed E-state index contributed by atoms with van der Waals surface area (Å²) in [6.45, 7) is 2.39. The highest BCUT2D eigenvalue weighted by Gasteiger charge is 2.13. The number of nitrogens with one attached hydrogen (secondary N) is 2. The zero-order valence-electron chi connectivity index (χ0n) is 15.3. The van der Waals surface area contributed by atoms with E-state index >= 15 is 0 Å². The van der Waals surface area contributed by atoms with Gasteiger partial charge in [-0.25, -0.2) is 5.43 Å². The number of methoxy groups -OCH3 is 2. The molecule has 2 amide bonds. The first-order valence-corrected chi connectivity index (χ1v) is 8.16. The molecule has 8 heteroatoms. The van der Waals surface area contributed by atoms with Crippen molar-refractivity contribution in [3.05, 3.63) is 48.0 Å². The van der Waals surface area contributed by atoms with Crippen molar-refractivity contribution < 1.29 is 23.8 Å². The molecule has 0 saturated carbocycles. The molecule has 0 heterocycles. The highest BCUT2D eigenvalue weighted by Crippen LogP contribution is 2.27. The summed E-state index contributed by atoms with van der Waals surface area (Å²) in [5.41, 5.74) is 3.28. The molecule has 0 saturated heterocycles. The highest BCUT2D eigenvalue weighted by atomic mass is 16.5. The standard InChI is InChI=1S/C19H21N3O5/c1-4-27-16-9-8-13(10-17(16)26-3)12-20-22-19(24)18(23)21-14-6-5-7-15(11-14)25-2/h5-12H,4H2,1-3H3,(H,21,23)(H,22,24)/b20-12-. The molecule has 0 fully saturated rings. The lowest BCUT2D eigenvalue weighted by molar-refractivity contribution is -0.136. The first-order chi connectivity index (χ1) is 13.1. The van der Waals surface area contributed by atoms with Crippen LogP contribution in [0, 0.1) is 0 Å². The van der Waals surface area contributed by atoms with Crippen LogP contribution in [-0.2, 0) is 9.59 Å². The molecule has 2 aromatic rings. The van der Waals surface area contributed by atoms with Crippen LogP contribution in [0.15, 0.2) is 47.6 Å². The van der Waals surface area contributed by atoms with Crippen molar-refractivity contribution >= 4 is 23.7 Å². The number of benzene rings is 2. The van der Waals surface area contributed by atoms with E-state index in [4.69, 9.17) is 14.2 Å². The fourth-order valence-electron chi connectivity index (χ4n) is 2.14. The smallest absolute Gasteiger partial charge is 0.329 e. The maximum Gasteiger partial charge on any atom is 0.329 e. The normalized spacial score (nSPS) is 10.3. The number of hydrazone groups is 1. The van der Waals surface area contributed by atoms with Gasteiger partial charge in [-0.15, -0.1) is 0 Å². The Labute approximate surface area is 157 Å². The molecule has 0 spiro atoms. The highest BCUT2D eigenvalue weighted by molar-refractivity contribution is 6.39. The minimum atomic E-state index is -0.896. The Balaban J connectivity index is 1.94. The molecular formula is C19H21N3O5. The number of anilines is 1. The Hall–Kier alpha value is -3.55. The lowest BCUT2D eigenvalue weighted by atomic mass is 10.2. The van der Waals surface area contributed by atoms with Crippen molar-refractivity contribution in [2.45, 2.75) is 6.92 Å². The average molecular weight is 371 g/mol. The van der Waals surface area contributed by atoms with E-state index in [2.05, 4.69) is 15.8 Å². The molecule has 27 heavy (non-hydrogen) atoms. The van der Waals surface area contributed by atoms with Crippen LogP contribution in [0.25, 0.3) is 0 Å². The van der Waals surface area contributed by atoms with Gasteiger partial charge in [-0.2, -0.15) is 5.10 Å². The van der Waals surface area contributed by atoms with E-state index in [0.29, 0.717) is 35.1 Å². The zero-order valence-corrected chi connectivity index (χ0v) is 15.3. The lowest BCUT2D eigenvalue weighted by Crippen LogP contribution is -2.32. The number of hydrogen-bond donors (Lipinski definition) is 2. The van der Waals surface area contributed by atoms with Crippen LogP contribution in [0.1, 0.15) is 12.5 Å². The van der Waals surface area contributed by atoms with Gasteiger partial charge in [0.15, 0.2) is 11.5 Å². The fourth-order valence-corrected chi connectivity index (χ4v) is 2.14. The summed E-state index contributed by atoms with van der Waals surface area (Å²) in [4.78, 5) is 23.7. The van der Waals surface area contributed by atoms with Crippen molar-refractivity contribution in [1.29, 1.82) is 0 Å². The Morgan fingerprint density at radius 1 is 1.04 bits per heavy atom. The number of carbonyl (C=O) groups excluding carboxylic acids is 2. The summed E-state index contributed by atoms with van der Waals surface area (Å²) in [6, 6.07) is 11.9. The molecule has 142 valence electrons. The fraction of sp³-hybridized carbons (Fsp3) is 0.211. The zero-order chi connectivity index (χ0) is 19.6. The largest absolute Gasteiger partial charge is 0.497 e. The van der Waals surface area contributed by atoms with Gasteiger partial charge in [0.05, 0.1) is 27.0 Å². The van der Waals surface area contributed by atoms with Crippen LogP contribution >= 0.6 is 0 Å². The molecule has 8 nitrogen and oxygen atoms in total. The van der Waals surface area contributed by atoms with Gasteiger partial charge >= 0.3 is 11.8 Å². The van der Waals surface area contributed by atoms with E-state index in [1.807, 2.05) is 6.92 Å².